The molecule has 2 aliphatic rings. The van der Waals surface area contributed by atoms with Gasteiger partial charge >= 0.3 is 11.9 Å². The quantitative estimate of drug-likeness (QED) is 0.137. The normalized spacial score (nSPS) is 22.3. The minimum Gasteiger partial charge on any atom is -0.453 e. The molecule has 8 heteroatoms. The maximum Gasteiger partial charge on any atom is 0.320 e. The number of hydrogen-bond acceptors (Lipinski definition) is 8. The van der Waals surface area contributed by atoms with Gasteiger partial charge in [-0.05, 0) is 74.7 Å². The highest BCUT2D eigenvalue weighted by Gasteiger charge is 2.40. The number of esters is 2. The molecule has 2 aliphatic carbocycles. The first-order valence-electron chi connectivity index (χ1n) is 17.7. The van der Waals surface area contributed by atoms with Crippen molar-refractivity contribution < 1.29 is 28.7 Å². The van der Waals surface area contributed by atoms with E-state index in [-0.39, 0.29) is 35.5 Å². The largest absolute Gasteiger partial charge is 0.453 e. The second-order valence-corrected chi connectivity index (χ2v) is 14.8. The lowest BCUT2D eigenvalue weighted by atomic mass is 9.71. The highest BCUT2D eigenvalue weighted by molar-refractivity contribution is 6.02. The number of rotatable bonds is 14. The lowest BCUT2D eigenvalue weighted by Crippen LogP contribution is -2.40. The summed E-state index contributed by atoms with van der Waals surface area (Å²) in [5.41, 5.74) is 17.4. The number of ketones is 2. The van der Waals surface area contributed by atoms with Gasteiger partial charge in [0, 0.05) is 12.8 Å². The highest BCUT2D eigenvalue weighted by Crippen LogP contribution is 2.42. The molecule has 0 aromatic heterocycles. The average Bonchev–Trinajstić information content (AvgIpc) is 3.07. The molecule has 2 unspecified atom stereocenters. The molecular formula is C44H58N2O6. The Morgan fingerprint density at radius 1 is 0.596 bits per heavy atom. The molecular weight excluding hydrogens is 652 g/mol. The molecule has 0 spiro atoms. The Balaban J connectivity index is 1.98. The van der Waals surface area contributed by atoms with Gasteiger partial charge in [-0.2, -0.15) is 0 Å². The number of Topliss-reactive ketones (excluding diaryl/α,β-unsaturated/α-hetero) is 2. The Morgan fingerprint density at radius 2 is 0.904 bits per heavy atom. The monoisotopic (exact) mass is 710 g/mol. The summed E-state index contributed by atoms with van der Waals surface area (Å²) in [5, 5.41) is 0. The van der Waals surface area contributed by atoms with Crippen LogP contribution in [0.4, 0.5) is 0 Å². The molecule has 8 nitrogen and oxygen atoms in total. The number of carbonyl (C=O) groups excluding carboxylic acids is 4. The fourth-order valence-electron chi connectivity index (χ4n) is 6.17. The summed E-state index contributed by atoms with van der Waals surface area (Å²) in [6.07, 6.45) is 27.4. The molecule has 2 atom stereocenters. The van der Waals surface area contributed by atoms with Crippen molar-refractivity contribution in [1.29, 1.82) is 0 Å². The van der Waals surface area contributed by atoms with Crippen molar-refractivity contribution in [3.63, 3.8) is 0 Å². The second kappa shape index (κ2) is 19.8. The molecule has 0 aromatic carbocycles. The third-order valence-corrected chi connectivity index (χ3v) is 9.15. The molecule has 0 aliphatic heterocycles. The van der Waals surface area contributed by atoms with Crippen LogP contribution in [0.2, 0.25) is 0 Å². The molecule has 4 N–H and O–H groups in total. The van der Waals surface area contributed by atoms with Crippen molar-refractivity contribution in [1.82, 2.24) is 0 Å². The molecule has 0 fully saturated rings. The number of carbonyl (C=O) groups is 4. The number of nitrogens with two attached hydrogens (primary N) is 2. The number of ether oxygens (including phenoxy) is 2. The van der Waals surface area contributed by atoms with Gasteiger partial charge in [0.15, 0.2) is 23.8 Å². The van der Waals surface area contributed by atoms with Gasteiger partial charge in [-0.1, -0.05) is 135 Å². The zero-order valence-electron chi connectivity index (χ0n) is 32.7. The lowest BCUT2D eigenvalue weighted by molar-refractivity contribution is -0.154. The first-order chi connectivity index (χ1) is 24.3. The van der Waals surface area contributed by atoms with Crippen molar-refractivity contribution >= 4 is 23.5 Å². The Labute approximate surface area is 310 Å². The smallest absolute Gasteiger partial charge is 0.320 e. The topological polar surface area (TPSA) is 139 Å². The molecule has 0 amide bonds. The molecule has 0 heterocycles. The molecule has 2 rings (SSSR count). The summed E-state index contributed by atoms with van der Waals surface area (Å²) in [5.74, 6) is -1.49. The first kappa shape index (κ1) is 43.5. The van der Waals surface area contributed by atoms with Gasteiger partial charge in [-0.15, -0.1) is 0 Å². The maximum absolute atomic E-state index is 12.8. The highest BCUT2D eigenvalue weighted by atomic mass is 16.6. The van der Waals surface area contributed by atoms with Crippen LogP contribution in [0.15, 0.2) is 130 Å². The van der Waals surface area contributed by atoms with Gasteiger partial charge in [0.1, 0.15) is 0 Å². The average molecular weight is 711 g/mol. The third kappa shape index (κ3) is 13.1. The summed E-state index contributed by atoms with van der Waals surface area (Å²) in [7, 11) is 0. The van der Waals surface area contributed by atoms with Gasteiger partial charge in [0.2, 0.25) is 0 Å². The van der Waals surface area contributed by atoms with Crippen LogP contribution in [-0.2, 0) is 28.7 Å². The van der Waals surface area contributed by atoms with E-state index in [2.05, 4.69) is 0 Å². The lowest BCUT2D eigenvalue weighted by Gasteiger charge is -2.36. The minimum absolute atomic E-state index is 0.174. The maximum atomic E-state index is 12.8. The zero-order valence-corrected chi connectivity index (χ0v) is 32.7. The van der Waals surface area contributed by atoms with Crippen LogP contribution in [0, 0.1) is 10.8 Å². The predicted octanol–water partition coefficient (Wildman–Crippen LogP) is 7.92. The Kier molecular flexibility index (Phi) is 16.6. The number of hydrogen-bond donors (Lipinski definition) is 2. The fraction of sp³-hybridized carbons (Fsp3) is 0.409. The van der Waals surface area contributed by atoms with Gasteiger partial charge in [-0.3, -0.25) is 19.2 Å². The fourth-order valence-corrected chi connectivity index (χ4v) is 6.17. The Morgan fingerprint density at radius 3 is 1.23 bits per heavy atom. The zero-order chi connectivity index (χ0) is 39.2. The molecule has 0 saturated carbocycles. The Bertz CT molecular complexity index is 1600. The van der Waals surface area contributed by atoms with E-state index in [1.54, 1.807) is 13.8 Å². The molecule has 0 aromatic rings. The van der Waals surface area contributed by atoms with Crippen LogP contribution in [-0.4, -0.2) is 48.8 Å². The molecule has 52 heavy (non-hydrogen) atoms. The van der Waals surface area contributed by atoms with E-state index in [1.807, 2.05) is 140 Å². The summed E-state index contributed by atoms with van der Waals surface area (Å²) in [4.78, 5) is 49.0. The summed E-state index contributed by atoms with van der Waals surface area (Å²) in [6, 6.07) is 0. The van der Waals surface area contributed by atoms with Crippen molar-refractivity contribution in [2.75, 3.05) is 13.1 Å². The van der Waals surface area contributed by atoms with E-state index in [4.69, 9.17) is 20.9 Å². The van der Waals surface area contributed by atoms with Crippen LogP contribution in [0.5, 0.6) is 0 Å². The molecule has 0 bridgehead atoms. The van der Waals surface area contributed by atoms with Crippen LogP contribution < -0.4 is 11.5 Å². The molecule has 0 radical (unpaired) electrons. The van der Waals surface area contributed by atoms with E-state index in [0.29, 0.717) is 24.0 Å². The van der Waals surface area contributed by atoms with Gasteiger partial charge in [0.25, 0.3) is 0 Å². The van der Waals surface area contributed by atoms with E-state index in [9.17, 15) is 19.2 Å². The van der Waals surface area contributed by atoms with Gasteiger partial charge in [0.05, 0.1) is 13.1 Å². The van der Waals surface area contributed by atoms with E-state index in [1.165, 1.54) is 0 Å². The van der Waals surface area contributed by atoms with Crippen LogP contribution in [0.1, 0.15) is 82.1 Å². The summed E-state index contributed by atoms with van der Waals surface area (Å²) >= 11 is 0. The van der Waals surface area contributed by atoms with Crippen LogP contribution >= 0.6 is 0 Å². The van der Waals surface area contributed by atoms with E-state index in [0.717, 1.165) is 33.4 Å². The van der Waals surface area contributed by atoms with Crippen molar-refractivity contribution in [3.05, 3.63) is 130 Å². The second-order valence-electron chi connectivity index (χ2n) is 14.8. The minimum atomic E-state index is -0.797. The van der Waals surface area contributed by atoms with Crippen molar-refractivity contribution in [2.24, 2.45) is 22.3 Å². The van der Waals surface area contributed by atoms with Crippen LogP contribution in [0.25, 0.3) is 0 Å². The standard InChI is InChI=1S/C44H58N2O6/c1-29(17-13-19-31(3)21-23-35-33(5)41(49)37(25-43(35,7)8)51-39(47)27-45)15-11-12-16-30(2)18-14-20-32(4)22-24-36-34(6)42(50)38(26-44(36,9)10)52-40(48)28-46/h11-24,37-38H,25-28,45-46H2,1-10H3. The van der Waals surface area contributed by atoms with Crippen molar-refractivity contribution in [2.45, 2.75) is 94.3 Å². The molecule has 0 saturated heterocycles. The van der Waals surface area contributed by atoms with E-state index < -0.39 is 24.1 Å². The van der Waals surface area contributed by atoms with E-state index >= 15 is 0 Å². The predicted molar refractivity (Wildman–Crippen MR) is 211 cm³/mol. The van der Waals surface area contributed by atoms with Crippen molar-refractivity contribution in [3.8, 4) is 0 Å². The van der Waals surface area contributed by atoms with Gasteiger partial charge < -0.3 is 20.9 Å². The molecule has 280 valence electrons. The number of allylic oxidation sites excluding steroid dienone is 20. The summed E-state index contributed by atoms with van der Waals surface area (Å²) in [6.45, 7) is 19.3. The SMILES string of the molecule is CC(C=CC=C(C)C=CC1=C(C)C(=O)C(OC(=O)CN)CC1(C)C)=CC=CC=C(C)C=CC=C(C)C=CC1=C(C)C(=O)C(OC(=O)CN)CC1(C)C. The van der Waals surface area contributed by atoms with Gasteiger partial charge in [-0.25, -0.2) is 0 Å². The Hall–Kier alpha value is -4.66. The summed E-state index contributed by atoms with van der Waals surface area (Å²) < 4.78 is 10.6. The first-order valence-corrected chi connectivity index (χ1v) is 17.7. The van der Waals surface area contributed by atoms with Crippen LogP contribution in [0.3, 0.4) is 0 Å². The third-order valence-electron chi connectivity index (χ3n) is 9.15.